The van der Waals surface area contributed by atoms with E-state index in [2.05, 4.69) is 15.9 Å². The van der Waals surface area contributed by atoms with E-state index in [0.717, 1.165) is 6.29 Å². The third-order valence-electron chi connectivity index (χ3n) is 1.74. The molecule has 0 aliphatic rings. The molecule has 82 valence electrons. The van der Waals surface area contributed by atoms with Gasteiger partial charge in [-0.15, -0.1) is 0 Å². The molecule has 0 aliphatic heterocycles. The van der Waals surface area contributed by atoms with Gasteiger partial charge in [0.2, 0.25) is 0 Å². The number of methoxy groups -OCH3 is 2. The van der Waals surface area contributed by atoms with Crippen molar-refractivity contribution in [3.63, 3.8) is 0 Å². The Labute approximate surface area is 96.3 Å². The summed E-state index contributed by atoms with van der Waals surface area (Å²) in [5, 5.41) is 0. The lowest BCUT2D eigenvalue weighted by Crippen LogP contribution is -2.01. The Balaban J connectivity index is 3.04. The average molecular weight is 275 g/mol. The van der Waals surface area contributed by atoms with E-state index >= 15 is 0 Å². The molecule has 0 saturated heterocycles. The van der Waals surface area contributed by atoms with Crippen molar-refractivity contribution in [3.8, 4) is 11.5 Å². The van der Waals surface area contributed by atoms with Gasteiger partial charge in [-0.3, -0.25) is 4.79 Å². The van der Waals surface area contributed by atoms with Crippen molar-refractivity contribution in [2.75, 3.05) is 21.0 Å². The van der Waals surface area contributed by atoms with Gasteiger partial charge in [-0.1, -0.05) is 0 Å². The Hall–Kier alpha value is -1.07. The van der Waals surface area contributed by atoms with Crippen LogP contribution in [-0.4, -0.2) is 27.3 Å². The highest BCUT2D eigenvalue weighted by Crippen LogP contribution is 2.32. The maximum absolute atomic E-state index is 10.7. The number of halogens is 1. The Morgan fingerprint density at radius 1 is 1.33 bits per heavy atom. The zero-order chi connectivity index (χ0) is 11.3. The molecule has 1 aromatic rings. The van der Waals surface area contributed by atoms with Gasteiger partial charge in [-0.2, -0.15) is 0 Å². The summed E-state index contributed by atoms with van der Waals surface area (Å²) in [4.78, 5) is 10.7. The molecule has 0 amide bonds. The molecule has 15 heavy (non-hydrogen) atoms. The number of aldehydes is 1. The second-order valence-corrected chi connectivity index (χ2v) is 3.55. The zero-order valence-electron chi connectivity index (χ0n) is 8.45. The molecule has 0 heterocycles. The highest BCUT2D eigenvalue weighted by Gasteiger charge is 2.09. The average Bonchev–Trinajstić information content (AvgIpc) is 2.26. The number of carbonyl (C=O) groups is 1. The van der Waals surface area contributed by atoms with Crippen molar-refractivity contribution < 1.29 is 19.0 Å². The van der Waals surface area contributed by atoms with Crippen LogP contribution in [-0.2, 0) is 4.74 Å². The summed E-state index contributed by atoms with van der Waals surface area (Å²) in [7, 11) is 3.05. The van der Waals surface area contributed by atoms with Gasteiger partial charge in [-0.05, 0) is 28.1 Å². The third kappa shape index (κ3) is 2.94. The van der Waals surface area contributed by atoms with Gasteiger partial charge in [-0.25, -0.2) is 0 Å². The van der Waals surface area contributed by atoms with Crippen molar-refractivity contribution >= 4 is 22.2 Å². The molecule has 0 atom stereocenters. The minimum atomic E-state index is 0.107. The fourth-order valence-corrected chi connectivity index (χ4v) is 1.45. The van der Waals surface area contributed by atoms with E-state index in [1.165, 1.54) is 14.2 Å². The third-order valence-corrected chi connectivity index (χ3v) is 2.43. The van der Waals surface area contributed by atoms with Gasteiger partial charge >= 0.3 is 0 Å². The molecule has 4 nitrogen and oxygen atoms in total. The maximum Gasteiger partial charge on any atom is 0.188 e. The van der Waals surface area contributed by atoms with Crippen molar-refractivity contribution in [1.82, 2.24) is 0 Å². The van der Waals surface area contributed by atoms with Crippen LogP contribution in [0.5, 0.6) is 11.5 Å². The molecule has 0 radical (unpaired) electrons. The van der Waals surface area contributed by atoms with Crippen molar-refractivity contribution in [1.29, 1.82) is 0 Å². The standard InChI is InChI=1S/C10H11BrO4/c1-13-6-15-10-3-7(5-12)8(11)4-9(10)14-2/h3-5H,6H2,1-2H3. The van der Waals surface area contributed by atoms with Crippen LogP contribution in [0, 0.1) is 0 Å². The first kappa shape index (κ1) is 12.0. The van der Waals surface area contributed by atoms with E-state index in [9.17, 15) is 4.79 Å². The van der Waals surface area contributed by atoms with Crippen molar-refractivity contribution in [2.45, 2.75) is 0 Å². The van der Waals surface area contributed by atoms with Crippen LogP contribution in [0.4, 0.5) is 0 Å². The molecule has 0 unspecified atom stereocenters. The van der Waals surface area contributed by atoms with Crippen LogP contribution in [0.15, 0.2) is 16.6 Å². The summed E-state index contributed by atoms with van der Waals surface area (Å²) in [5.41, 5.74) is 0.502. The van der Waals surface area contributed by atoms with E-state index < -0.39 is 0 Å². The predicted octanol–water partition coefficient (Wildman–Crippen LogP) is 2.25. The lowest BCUT2D eigenvalue weighted by atomic mass is 10.2. The molecule has 0 N–H and O–H groups in total. The van der Waals surface area contributed by atoms with Gasteiger partial charge in [0.1, 0.15) is 0 Å². The molecular weight excluding hydrogens is 264 g/mol. The maximum atomic E-state index is 10.7. The molecule has 0 fully saturated rings. The number of rotatable bonds is 5. The van der Waals surface area contributed by atoms with Gasteiger partial charge in [0.15, 0.2) is 24.6 Å². The molecule has 0 aliphatic carbocycles. The Bertz CT molecular complexity index is 352. The molecule has 5 heteroatoms. The lowest BCUT2D eigenvalue weighted by Gasteiger charge is -2.11. The summed E-state index contributed by atoms with van der Waals surface area (Å²) < 4.78 is 15.8. The quantitative estimate of drug-likeness (QED) is 0.610. The summed E-state index contributed by atoms with van der Waals surface area (Å²) >= 11 is 3.25. The highest BCUT2D eigenvalue weighted by molar-refractivity contribution is 9.10. The van der Waals surface area contributed by atoms with Crippen LogP contribution in [0.3, 0.4) is 0 Å². The summed E-state index contributed by atoms with van der Waals surface area (Å²) in [6.45, 7) is 0.107. The van der Waals surface area contributed by atoms with Gasteiger partial charge in [0, 0.05) is 17.1 Å². The summed E-state index contributed by atoms with van der Waals surface area (Å²) in [6.07, 6.45) is 0.739. The minimum absolute atomic E-state index is 0.107. The Morgan fingerprint density at radius 2 is 2.07 bits per heavy atom. The molecule has 1 rings (SSSR count). The fraction of sp³-hybridized carbons (Fsp3) is 0.300. The van der Waals surface area contributed by atoms with Crippen molar-refractivity contribution in [3.05, 3.63) is 22.2 Å². The number of hydrogen-bond acceptors (Lipinski definition) is 4. The van der Waals surface area contributed by atoms with E-state index in [1.54, 1.807) is 12.1 Å². The minimum Gasteiger partial charge on any atom is -0.493 e. The number of ether oxygens (including phenoxy) is 3. The molecule has 0 bridgehead atoms. The molecule has 0 spiro atoms. The number of benzene rings is 1. The fourth-order valence-electron chi connectivity index (χ4n) is 1.04. The first-order valence-electron chi connectivity index (χ1n) is 4.17. The zero-order valence-corrected chi connectivity index (χ0v) is 10.0. The van der Waals surface area contributed by atoms with E-state index in [4.69, 9.17) is 14.2 Å². The first-order chi connectivity index (χ1) is 7.22. The largest absolute Gasteiger partial charge is 0.493 e. The van der Waals surface area contributed by atoms with Crippen LogP contribution in [0.25, 0.3) is 0 Å². The topological polar surface area (TPSA) is 44.8 Å². The number of hydrogen-bond donors (Lipinski definition) is 0. The van der Waals surface area contributed by atoms with Gasteiger partial charge < -0.3 is 14.2 Å². The second-order valence-electron chi connectivity index (χ2n) is 2.69. The normalized spacial score (nSPS) is 9.80. The second kappa shape index (κ2) is 5.72. The monoisotopic (exact) mass is 274 g/mol. The Kier molecular flexibility index (Phi) is 4.58. The first-order valence-corrected chi connectivity index (χ1v) is 4.96. The lowest BCUT2D eigenvalue weighted by molar-refractivity contribution is 0.0491. The molecule has 0 saturated carbocycles. The van der Waals surface area contributed by atoms with Crippen LogP contribution >= 0.6 is 15.9 Å². The van der Waals surface area contributed by atoms with Gasteiger partial charge in [0.25, 0.3) is 0 Å². The molecule has 1 aromatic carbocycles. The van der Waals surface area contributed by atoms with Crippen LogP contribution in [0.2, 0.25) is 0 Å². The van der Waals surface area contributed by atoms with Gasteiger partial charge in [0.05, 0.1) is 7.11 Å². The van der Waals surface area contributed by atoms with E-state index in [1.807, 2.05) is 0 Å². The van der Waals surface area contributed by atoms with Crippen molar-refractivity contribution in [2.24, 2.45) is 0 Å². The van der Waals surface area contributed by atoms with E-state index in [-0.39, 0.29) is 6.79 Å². The predicted molar refractivity (Wildman–Crippen MR) is 58.6 cm³/mol. The van der Waals surface area contributed by atoms with Crippen LogP contribution < -0.4 is 9.47 Å². The summed E-state index contributed by atoms with van der Waals surface area (Å²) in [6, 6.07) is 3.27. The molecular formula is C10H11BrO4. The number of carbonyl (C=O) groups excluding carboxylic acids is 1. The van der Waals surface area contributed by atoms with Crippen LogP contribution in [0.1, 0.15) is 10.4 Å². The SMILES string of the molecule is COCOc1cc(C=O)c(Br)cc1OC. The smallest absolute Gasteiger partial charge is 0.188 e. The summed E-state index contributed by atoms with van der Waals surface area (Å²) in [5.74, 6) is 1.02. The Morgan fingerprint density at radius 3 is 2.60 bits per heavy atom. The van der Waals surface area contributed by atoms with E-state index in [0.29, 0.717) is 21.5 Å². The molecule has 0 aromatic heterocycles. The highest BCUT2D eigenvalue weighted by atomic mass is 79.9.